The lowest BCUT2D eigenvalue weighted by molar-refractivity contribution is 1.18. The molecule has 0 bridgehead atoms. The predicted octanol–water partition coefficient (Wildman–Crippen LogP) is 15.5. The van der Waals surface area contributed by atoms with Crippen molar-refractivity contribution in [3.63, 3.8) is 0 Å². The van der Waals surface area contributed by atoms with Crippen LogP contribution in [-0.2, 0) is 0 Å². The van der Waals surface area contributed by atoms with Crippen LogP contribution in [0, 0.1) is 0 Å². The lowest BCUT2D eigenvalue weighted by Gasteiger charge is -2.13. The summed E-state index contributed by atoms with van der Waals surface area (Å²) >= 11 is 0. The van der Waals surface area contributed by atoms with Gasteiger partial charge in [0, 0.05) is 65.6 Å². The van der Waals surface area contributed by atoms with Crippen LogP contribution in [0.15, 0.2) is 212 Å². The molecule has 0 fully saturated rings. The fraction of sp³-hybridized carbons (Fsp3) is 0. The van der Waals surface area contributed by atoms with Gasteiger partial charge in [-0.05, 0) is 89.6 Å². The van der Waals surface area contributed by atoms with Gasteiger partial charge in [0.05, 0.1) is 61.0 Å². The molecule has 15 aromatic rings. The van der Waals surface area contributed by atoms with E-state index in [4.69, 9.17) is 9.97 Å². The third-order valence-corrected chi connectivity index (χ3v) is 13.9. The Kier molecular flexibility index (Phi) is 6.89. The molecule has 65 heavy (non-hydrogen) atoms. The minimum atomic E-state index is 0.855. The summed E-state index contributed by atoms with van der Waals surface area (Å²) in [6.45, 7) is 0. The summed E-state index contributed by atoms with van der Waals surface area (Å²) in [4.78, 5) is 10.7. The lowest BCUT2D eigenvalue weighted by Crippen LogP contribution is -1.97. The number of para-hydroxylation sites is 6. The van der Waals surface area contributed by atoms with Crippen LogP contribution in [0.5, 0.6) is 0 Å². The van der Waals surface area contributed by atoms with Crippen LogP contribution in [0.3, 0.4) is 0 Å². The standard InChI is InChI=1S/C60H35N5/c1-2-15-39(16-3-1)63-50-23-11-6-18-42(50)45-34-38(29-32-53(45)63)58-57(61-48-21-9-10-22-49(48)62-58)37-26-30-40(31-27-37)64-51-24-12-7-19-43(51)46-35-47-44-20-8-13-25-52(44)65-54-33-28-36-14-4-5-17-41(36)55(54)56(59(46)64)60(47)65/h1-35H. The molecule has 5 heteroatoms. The van der Waals surface area contributed by atoms with Gasteiger partial charge in [-0.25, -0.2) is 9.97 Å². The zero-order valence-electron chi connectivity index (χ0n) is 34.9. The molecule has 5 aromatic heterocycles. The van der Waals surface area contributed by atoms with Crippen molar-refractivity contribution in [3.8, 4) is 33.9 Å². The van der Waals surface area contributed by atoms with Crippen molar-refractivity contribution >= 4 is 104 Å². The quantitative estimate of drug-likeness (QED) is 0.177. The molecule has 0 atom stereocenters. The van der Waals surface area contributed by atoms with Crippen LogP contribution in [0.4, 0.5) is 0 Å². The van der Waals surface area contributed by atoms with Crippen molar-refractivity contribution < 1.29 is 0 Å². The Balaban J connectivity index is 0.974. The molecule has 0 aliphatic carbocycles. The second kappa shape index (κ2) is 12.9. The van der Waals surface area contributed by atoms with Gasteiger partial charge in [0.2, 0.25) is 0 Å². The van der Waals surface area contributed by atoms with E-state index >= 15 is 0 Å². The summed E-state index contributed by atoms with van der Waals surface area (Å²) in [5, 5.41) is 12.5. The Morgan fingerprint density at radius 1 is 0.292 bits per heavy atom. The van der Waals surface area contributed by atoms with Gasteiger partial charge in [0.25, 0.3) is 0 Å². The fourth-order valence-corrected chi connectivity index (χ4v) is 11.2. The Labute approximate surface area is 371 Å². The number of nitrogens with zero attached hydrogens (tertiary/aromatic N) is 5. The molecule has 0 N–H and O–H groups in total. The second-order valence-electron chi connectivity index (χ2n) is 17.3. The van der Waals surface area contributed by atoms with Gasteiger partial charge in [-0.2, -0.15) is 0 Å². The van der Waals surface area contributed by atoms with Gasteiger partial charge < -0.3 is 13.5 Å². The Morgan fingerprint density at radius 3 is 1.57 bits per heavy atom. The van der Waals surface area contributed by atoms with E-state index in [-0.39, 0.29) is 0 Å². The fourth-order valence-electron chi connectivity index (χ4n) is 11.2. The summed E-state index contributed by atoms with van der Waals surface area (Å²) in [7, 11) is 0. The average Bonchev–Trinajstić information content (AvgIpc) is 4.10. The molecule has 0 aliphatic rings. The summed E-state index contributed by atoms with van der Waals surface area (Å²) < 4.78 is 7.35. The molecular formula is C60H35N5. The van der Waals surface area contributed by atoms with Crippen molar-refractivity contribution in [1.82, 2.24) is 23.5 Å². The molecule has 0 saturated heterocycles. The molecule has 0 saturated carbocycles. The van der Waals surface area contributed by atoms with E-state index in [1.54, 1.807) is 0 Å². The topological polar surface area (TPSA) is 40.0 Å². The smallest absolute Gasteiger partial charge is 0.0973 e. The number of aromatic nitrogens is 5. The minimum Gasteiger partial charge on any atom is -0.309 e. The second-order valence-corrected chi connectivity index (χ2v) is 17.3. The van der Waals surface area contributed by atoms with E-state index in [1.165, 1.54) is 87.0 Å². The van der Waals surface area contributed by atoms with E-state index in [9.17, 15) is 0 Å². The van der Waals surface area contributed by atoms with E-state index < -0.39 is 0 Å². The molecular weight excluding hydrogens is 791 g/mol. The SMILES string of the molecule is c1ccc(-n2c3ccccc3c3cc(-c4nc5ccccc5nc4-c4ccc(-n5c6ccccc6c6cc7c8ccccc8n8c9ccc%10ccccc%10c9c(c65)c78)cc4)ccc32)cc1. The van der Waals surface area contributed by atoms with Crippen molar-refractivity contribution in [3.05, 3.63) is 212 Å². The Hall–Kier alpha value is -8.80. The molecule has 0 amide bonds. The number of benzene rings is 10. The first-order valence-corrected chi connectivity index (χ1v) is 22.3. The van der Waals surface area contributed by atoms with Gasteiger partial charge in [0.15, 0.2) is 0 Å². The predicted molar refractivity (Wildman–Crippen MR) is 271 cm³/mol. The first-order valence-electron chi connectivity index (χ1n) is 22.3. The van der Waals surface area contributed by atoms with E-state index in [2.05, 4.69) is 214 Å². The Bertz CT molecular complexity index is 4460. The molecule has 0 radical (unpaired) electrons. The number of fused-ring (bicyclic) bond motifs is 16. The first kappa shape index (κ1) is 34.7. The van der Waals surface area contributed by atoms with Crippen molar-refractivity contribution in [2.45, 2.75) is 0 Å². The third kappa shape index (κ3) is 4.71. The maximum atomic E-state index is 5.38. The van der Waals surface area contributed by atoms with E-state index in [0.717, 1.165) is 50.4 Å². The average molecular weight is 826 g/mol. The molecule has 300 valence electrons. The normalized spacial score (nSPS) is 12.3. The summed E-state index contributed by atoms with van der Waals surface area (Å²) in [6, 6.07) is 76.9. The molecule has 0 unspecified atom stereocenters. The van der Waals surface area contributed by atoms with Gasteiger partial charge in [-0.1, -0.05) is 133 Å². The number of hydrogen-bond acceptors (Lipinski definition) is 2. The van der Waals surface area contributed by atoms with Crippen molar-refractivity contribution in [2.75, 3.05) is 0 Å². The zero-order chi connectivity index (χ0) is 42.3. The highest BCUT2D eigenvalue weighted by Crippen LogP contribution is 2.48. The van der Waals surface area contributed by atoms with Crippen LogP contribution in [-0.4, -0.2) is 23.5 Å². The monoisotopic (exact) mass is 825 g/mol. The first-order chi connectivity index (χ1) is 32.3. The van der Waals surface area contributed by atoms with Gasteiger partial charge in [-0.15, -0.1) is 0 Å². The Morgan fingerprint density at radius 2 is 0.815 bits per heavy atom. The van der Waals surface area contributed by atoms with Gasteiger partial charge in [-0.3, -0.25) is 0 Å². The largest absolute Gasteiger partial charge is 0.309 e. The third-order valence-electron chi connectivity index (χ3n) is 13.9. The highest BCUT2D eigenvalue weighted by atomic mass is 15.0. The molecule has 15 rings (SSSR count). The maximum Gasteiger partial charge on any atom is 0.0973 e. The number of rotatable bonds is 4. The van der Waals surface area contributed by atoms with E-state index in [0.29, 0.717) is 0 Å². The van der Waals surface area contributed by atoms with Gasteiger partial charge >= 0.3 is 0 Å². The van der Waals surface area contributed by atoms with Crippen molar-refractivity contribution in [1.29, 1.82) is 0 Å². The number of hydrogen-bond donors (Lipinski definition) is 0. The summed E-state index contributed by atoms with van der Waals surface area (Å²) in [5.74, 6) is 0. The summed E-state index contributed by atoms with van der Waals surface area (Å²) in [5.41, 5.74) is 16.2. The molecule has 5 heterocycles. The molecule has 10 aromatic carbocycles. The minimum absolute atomic E-state index is 0.855. The highest BCUT2D eigenvalue weighted by molar-refractivity contribution is 6.37. The highest BCUT2D eigenvalue weighted by Gasteiger charge is 2.26. The van der Waals surface area contributed by atoms with Gasteiger partial charge in [0.1, 0.15) is 0 Å². The van der Waals surface area contributed by atoms with Crippen LogP contribution >= 0.6 is 0 Å². The van der Waals surface area contributed by atoms with E-state index in [1.807, 2.05) is 12.1 Å². The van der Waals surface area contributed by atoms with Crippen LogP contribution in [0.2, 0.25) is 0 Å². The molecule has 5 nitrogen and oxygen atoms in total. The maximum absolute atomic E-state index is 5.38. The molecule has 0 spiro atoms. The van der Waals surface area contributed by atoms with Crippen LogP contribution < -0.4 is 0 Å². The van der Waals surface area contributed by atoms with Crippen LogP contribution in [0.25, 0.3) is 137 Å². The molecule has 0 aliphatic heterocycles. The van der Waals surface area contributed by atoms with Crippen molar-refractivity contribution in [2.24, 2.45) is 0 Å². The zero-order valence-corrected chi connectivity index (χ0v) is 34.9. The summed E-state index contributed by atoms with van der Waals surface area (Å²) in [6.07, 6.45) is 0. The van der Waals surface area contributed by atoms with Crippen LogP contribution in [0.1, 0.15) is 0 Å². The lowest BCUT2D eigenvalue weighted by atomic mass is 9.99.